The topological polar surface area (TPSA) is 94.0 Å². The molecule has 7 heteroatoms. The van der Waals surface area contributed by atoms with Gasteiger partial charge in [0.2, 0.25) is 0 Å². The molecule has 4 N–H and O–H groups in total. The molecule has 0 aliphatic rings. The van der Waals surface area contributed by atoms with Gasteiger partial charge in [0.1, 0.15) is 5.75 Å². The highest BCUT2D eigenvalue weighted by molar-refractivity contribution is 7.80. The van der Waals surface area contributed by atoms with Crippen LogP contribution in [0.5, 0.6) is 5.75 Å². The number of hydrazone groups is 1. The number of phenolic OH excluding ortho intramolecular Hbond substituents is 1. The smallest absolute Gasteiger partial charge is 0.335 e. The van der Waals surface area contributed by atoms with E-state index in [-0.39, 0.29) is 16.4 Å². The molecule has 0 radical (unpaired) electrons. The molecule has 0 saturated carbocycles. The summed E-state index contributed by atoms with van der Waals surface area (Å²) in [7, 11) is 0. The lowest BCUT2D eigenvalue weighted by atomic mass is 9.96. The van der Waals surface area contributed by atoms with Crippen molar-refractivity contribution in [3.63, 3.8) is 0 Å². The molecule has 0 aliphatic heterocycles. The predicted octanol–water partition coefficient (Wildman–Crippen LogP) is 5.23. The maximum absolute atomic E-state index is 11.1. The number of nitrogens with one attached hydrogen (secondary N) is 2. The molecule has 0 saturated heterocycles. The molecule has 32 heavy (non-hydrogen) atoms. The van der Waals surface area contributed by atoms with E-state index in [0.717, 1.165) is 16.3 Å². The summed E-state index contributed by atoms with van der Waals surface area (Å²) >= 11 is 5.20. The van der Waals surface area contributed by atoms with Crippen LogP contribution >= 0.6 is 12.2 Å². The van der Waals surface area contributed by atoms with Gasteiger partial charge in [0, 0.05) is 16.8 Å². The van der Waals surface area contributed by atoms with Gasteiger partial charge in [-0.2, -0.15) is 5.10 Å². The summed E-state index contributed by atoms with van der Waals surface area (Å²) in [5.41, 5.74) is 5.51. The molecule has 0 amide bonds. The molecule has 4 aromatic rings. The minimum absolute atomic E-state index is 0.113. The maximum atomic E-state index is 11.1. The summed E-state index contributed by atoms with van der Waals surface area (Å²) in [6.45, 7) is 0. The van der Waals surface area contributed by atoms with E-state index >= 15 is 0 Å². The molecule has 6 nitrogen and oxygen atoms in total. The number of thiocarbonyl (C=S) groups is 1. The lowest BCUT2D eigenvalue weighted by Crippen LogP contribution is -2.24. The lowest BCUT2D eigenvalue weighted by Gasteiger charge is -2.11. The van der Waals surface area contributed by atoms with Crippen LogP contribution in [-0.4, -0.2) is 27.5 Å². The number of carboxylic acids is 1. The Morgan fingerprint density at radius 3 is 2.47 bits per heavy atom. The Balaban J connectivity index is 1.51. The summed E-state index contributed by atoms with van der Waals surface area (Å²) < 4.78 is 0. The Labute approximate surface area is 189 Å². The Morgan fingerprint density at radius 1 is 0.906 bits per heavy atom. The van der Waals surface area contributed by atoms with Crippen molar-refractivity contribution in [2.45, 2.75) is 0 Å². The zero-order valence-electron chi connectivity index (χ0n) is 16.8. The van der Waals surface area contributed by atoms with Crippen molar-refractivity contribution in [2.24, 2.45) is 5.10 Å². The van der Waals surface area contributed by atoms with E-state index in [1.54, 1.807) is 18.2 Å². The number of hydrogen-bond acceptors (Lipinski definition) is 4. The number of nitrogens with zero attached hydrogens (tertiary/aromatic N) is 1. The summed E-state index contributed by atoms with van der Waals surface area (Å²) in [5.74, 6) is -0.908. The van der Waals surface area contributed by atoms with E-state index in [1.807, 2.05) is 54.6 Å². The van der Waals surface area contributed by atoms with Gasteiger partial charge in [-0.3, -0.25) is 5.43 Å². The van der Waals surface area contributed by atoms with Gasteiger partial charge < -0.3 is 15.5 Å². The van der Waals surface area contributed by atoms with E-state index in [1.165, 1.54) is 18.3 Å². The van der Waals surface area contributed by atoms with Crippen LogP contribution < -0.4 is 10.7 Å². The monoisotopic (exact) mass is 441 g/mol. The first-order valence-electron chi connectivity index (χ1n) is 9.76. The standard InChI is InChI=1S/C25H19N3O3S/c29-23-18(15-26-28-25(32)27-19-10-3-8-17(14-19)24(30)31)9-5-13-22(23)21-12-4-7-16-6-1-2-11-20(16)21/h1-15,29H,(H,30,31)(H2,27,28,32)/b26-15-. The summed E-state index contributed by atoms with van der Waals surface area (Å²) in [6.07, 6.45) is 1.48. The second kappa shape index (κ2) is 9.28. The molecule has 0 aliphatic carbocycles. The first-order chi connectivity index (χ1) is 15.5. The maximum Gasteiger partial charge on any atom is 0.335 e. The quantitative estimate of drug-likeness (QED) is 0.192. The molecule has 0 spiro atoms. The molecule has 158 valence electrons. The van der Waals surface area contributed by atoms with Crippen molar-refractivity contribution in [1.29, 1.82) is 0 Å². The zero-order chi connectivity index (χ0) is 22.5. The first kappa shape index (κ1) is 21.0. The van der Waals surface area contributed by atoms with Crippen LogP contribution in [0.15, 0.2) is 90.0 Å². The molecule has 0 atom stereocenters. The Hall–Kier alpha value is -4.23. The van der Waals surface area contributed by atoms with Crippen LogP contribution in [0.25, 0.3) is 21.9 Å². The second-order valence-corrected chi connectivity index (χ2v) is 7.39. The zero-order valence-corrected chi connectivity index (χ0v) is 17.6. The van der Waals surface area contributed by atoms with Gasteiger partial charge in [0.15, 0.2) is 5.11 Å². The van der Waals surface area contributed by atoms with E-state index in [2.05, 4.69) is 15.8 Å². The molecule has 0 fully saturated rings. The third-order valence-electron chi connectivity index (χ3n) is 4.88. The second-order valence-electron chi connectivity index (χ2n) is 6.98. The van der Waals surface area contributed by atoms with Crippen molar-refractivity contribution in [3.05, 3.63) is 96.1 Å². The SMILES string of the molecule is O=C(O)c1cccc(NC(=S)N/N=C\c2cccc(-c3cccc4ccccc34)c2O)c1. The molecule has 4 rings (SSSR count). The molecule has 0 heterocycles. The van der Waals surface area contributed by atoms with E-state index in [9.17, 15) is 9.90 Å². The average Bonchev–Trinajstić information content (AvgIpc) is 2.80. The van der Waals surface area contributed by atoms with Gasteiger partial charge in [-0.15, -0.1) is 0 Å². The van der Waals surface area contributed by atoms with Crippen molar-refractivity contribution >= 4 is 46.0 Å². The van der Waals surface area contributed by atoms with Gasteiger partial charge >= 0.3 is 5.97 Å². The van der Waals surface area contributed by atoms with Gasteiger partial charge in [-0.05, 0) is 52.8 Å². The van der Waals surface area contributed by atoms with E-state index < -0.39 is 5.97 Å². The van der Waals surface area contributed by atoms with Crippen LogP contribution in [0.2, 0.25) is 0 Å². The van der Waals surface area contributed by atoms with Crippen molar-refractivity contribution in [1.82, 2.24) is 5.43 Å². The fourth-order valence-corrected chi connectivity index (χ4v) is 3.56. The van der Waals surface area contributed by atoms with Crippen molar-refractivity contribution < 1.29 is 15.0 Å². The number of fused-ring (bicyclic) bond motifs is 1. The number of anilines is 1. The van der Waals surface area contributed by atoms with Crippen LogP contribution in [0, 0.1) is 0 Å². The van der Waals surface area contributed by atoms with Crippen molar-refractivity contribution in [3.8, 4) is 16.9 Å². The highest BCUT2D eigenvalue weighted by atomic mass is 32.1. The van der Waals surface area contributed by atoms with Crippen LogP contribution in [0.1, 0.15) is 15.9 Å². The van der Waals surface area contributed by atoms with Gasteiger partial charge in [-0.1, -0.05) is 60.7 Å². The predicted molar refractivity (Wildman–Crippen MR) is 131 cm³/mol. The number of carboxylic acid groups (broad SMARTS) is 1. The number of aromatic hydroxyl groups is 1. The minimum atomic E-state index is -1.02. The molecule has 0 bridgehead atoms. The first-order valence-corrected chi connectivity index (χ1v) is 10.2. The summed E-state index contributed by atoms with van der Waals surface area (Å²) in [5, 5.41) is 29.2. The number of hydrogen-bond donors (Lipinski definition) is 4. The van der Waals surface area contributed by atoms with Crippen molar-refractivity contribution in [2.75, 3.05) is 5.32 Å². The van der Waals surface area contributed by atoms with E-state index in [0.29, 0.717) is 16.8 Å². The fourth-order valence-electron chi connectivity index (χ4n) is 3.39. The average molecular weight is 442 g/mol. The number of rotatable bonds is 5. The molecule has 0 unspecified atom stereocenters. The molecular weight excluding hydrogens is 422 g/mol. The Kier molecular flexibility index (Phi) is 6.10. The third kappa shape index (κ3) is 4.58. The lowest BCUT2D eigenvalue weighted by molar-refractivity contribution is 0.0697. The Bertz CT molecular complexity index is 1350. The largest absolute Gasteiger partial charge is 0.507 e. The third-order valence-corrected chi connectivity index (χ3v) is 5.08. The number of phenols is 1. The number of aromatic carboxylic acids is 1. The van der Waals surface area contributed by atoms with E-state index in [4.69, 9.17) is 17.3 Å². The fraction of sp³-hybridized carbons (Fsp3) is 0. The number of benzene rings is 4. The highest BCUT2D eigenvalue weighted by Crippen LogP contribution is 2.35. The molecule has 4 aromatic carbocycles. The summed E-state index contributed by atoms with van der Waals surface area (Å²) in [4.78, 5) is 11.1. The minimum Gasteiger partial charge on any atom is -0.507 e. The number of carbonyl (C=O) groups is 1. The molecular formula is C25H19N3O3S. The highest BCUT2D eigenvalue weighted by Gasteiger charge is 2.10. The van der Waals surface area contributed by atoms with Crippen LogP contribution in [0.3, 0.4) is 0 Å². The summed E-state index contributed by atoms with van der Waals surface area (Å²) in [6, 6.07) is 25.7. The van der Waals surface area contributed by atoms with Crippen LogP contribution in [-0.2, 0) is 0 Å². The van der Waals surface area contributed by atoms with Gasteiger partial charge in [0.05, 0.1) is 11.8 Å². The number of para-hydroxylation sites is 1. The normalized spacial score (nSPS) is 10.9. The van der Waals surface area contributed by atoms with Crippen LogP contribution in [0.4, 0.5) is 5.69 Å². The van der Waals surface area contributed by atoms with Gasteiger partial charge in [0.25, 0.3) is 0 Å². The molecule has 0 aromatic heterocycles. The Morgan fingerprint density at radius 2 is 1.62 bits per heavy atom. The van der Waals surface area contributed by atoms with Gasteiger partial charge in [-0.25, -0.2) is 4.79 Å².